The molecular weight excluding hydrogens is 256 g/mol. The average Bonchev–Trinajstić information content (AvgIpc) is 3.09. The molecule has 1 aromatic carbocycles. The largest absolute Gasteiger partial charge is 0.480 e. The molecule has 0 heterocycles. The Balaban J connectivity index is 2.17. The van der Waals surface area contributed by atoms with Gasteiger partial charge in [0.25, 0.3) is 0 Å². The average molecular weight is 269 g/mol. The number of halogens is 1. The Bertz CT molecular complexity index is 474. The second kappa shape index (κ2) is 5.27. The van der Waals surface area contributed by atoms with E-state index in [4.69, 9.17) is 16.7 Å². The second-order valence-electron chi connectivity index (χ2n) is 4.18. The van der Waals surface area contributed by atoms with Crippen LogP contribution in [0.15, 0.2) is 24.3 Å². The molecule has 0 saturated heterocycles. The molecular formula is C12H13ClN2O3. The van der Waals surface area contributed by atoms with Gasteiger partial charge >= 0.3 is 12.0 Å². The number of carboxylic acid groups (broad SMARTS) is 1. The second-order valence-corrected chi connectivity index (χ2v) is 4.62. The smallest absolute Gasteiger partial charge is 0.323 e. The number of carbonyl (C=O) groups is 2. The fourth-order valence-corrected chi connectivity index (χ4v) is 1.72. The first-order chi connectivity index (χ1) is 8.56. The Morgan fingerprint density at radius 3 is 2.72 bits per heavy atom. The van der Waals surface area contributed by atoms with Crippen molar-refractivity contribution in [3.05, 3.63) is 29.3 Å². The van der Waals surface area contributed by atoms with Crippen molar-refractivity contribution < 1.29 is 14.7 Å². The van der Waals surface area contributed by atoms with Gasteiger partial charge in [-0.15, -0.1) is 0 Å². The van der Waals surface area contributed by atoms with Crippen LogP contribution in [0.2, 0.25) is 5.02 Å². The van der Waals surface area contributed by atoms with E-state index in [-0.39, 0.29) is 12.6 Å². The Kier molecular flexibility index (Phi) is 3.72. The van der Waals surface area contributed by atoms with Gasteiger partial charge in [0.1, 0.15) is 6.54 Å². The van der Waals surface area contributed by atoms with E-state index in [2.05, 4.69) is 5.32 Å². The Morgan fingerprint density at radius 1 is 1.44 bits per heavy atom. The predicted molar refractivity (Wildman–Crippen MR) is 68.0 cm³/mol. The summed E-state index contributed by atoms with van der Waals surface area (Å²) in [6.45, 7) is -0.390. The van der Waals surface area contributed by atoms with E-state index in [9.17, 15) is 9.59 Å². The minimum absolute atomic E-state index is 0.174. The number of aliphatic carboxylic acids is 1. The number of nitrogens with one attached hydrogen (secondary N) is 1. The topological polar surface area (TPSA) is 69.6 Å². The fraction of sp³-hybridized carbons (Fsp3) is 0.333. The van der Waals surface area contributed by atoms with Crippen LogP contribution in [0.4, 0.5) is 10.5 Å². The van der Waals surface area contributed by atoms with E-state index >= 15 is 0 Å². The van der Waals surface area contributed by atoms with Crippen LogP contribution >= 0.6 is 11.6 Å². The summed E-state index contributed by atoms with van der Waals surface area (Å²) in [7, 11) is 0. The molecule has 0 aliphatic heterocycles. The molecule has 1 aliphatic rings. The Hall–Kier alpha value is -1.75. The van der Waals surface area contributed by atoms with Crippen LogP contribution in [-0.2, 0) is 4.79 Å². The van der Waals surface area contributed by atoms with Gasteiger partial charge in [-0.1, -0.05) is 17.7 Å². The van der Waals surface area contributed by atoms with Crippen LogP contribution in [0, 0.1) is 0 Å². The molecule has 2 rings (SSSR count). The standard InChI is InChI=1S/C12H13ClN2O3/c13-8-2-1-3-10(6-8)15(7-11(16)17)12(18)14-9-4-5-9/h1-3,6,9H,4-5,7H2,(H,14,18)(H,16,17). The highest BCUT2D eigenvalue weighted by Gasteiger charge is 2.27. The summed E-state index contributed by atoms with van der Waals surface area (Å²) in [5, 5.41) is 12.1. The number of benzene rings is 1. The minimum atomic E-state index is -1.07. The third-order valence-electron chi connectivity index (χ3n) is 2.56. The van der Waals surface area contributed by atoms with E-state index in [1.165, 1.54) is 4.90 Å². The summed E-state index contributed by atoms with van der Waals surface area (Å²) >= 11 is 5.84. The maximum Gasteiger partial charge on any atom is 0.323 e. The predicted octanol–water partition coefficient (Wildman–Crippen LogP) is 2.10. The zero-order valence-electron chi connectivity index (χ0n) is 9.60. The summed E-state index contributed by atoms with van der Waals surface area (Å²) in [6.07, 6.45) is 1.89. The summed E-state index contributed by atoms with van der Waals surface area (Å²) in [4.78, 5) is 23.9. The van der Waals surface area contributed by atoms with Gasteiger partial charge in [-0.2, -0.15) is 0 Å². The molecule has 1 fully saturated rings. The van der Waals surface area contributed by atoms with E-state index in [0.29, 0.717) is 10.7 Å². The molecule has 0 atom stereocenters. The van der Waals surface area contributed by atoms with Crippen LogP contribution in [0.5, 0.6) is 0 Å². The maximum absolute atomic E-state index is 11.9. The fourth-order valence-electron chi connectivity index (χ4n) is 1.54. The van der Waals surface area contributed by atoms with E-state index in [0.717, 1.165) is 12.8 Å². The molecule has 0 bridgehead atoms. The molecule has 1 saturated carbocycles. The maximum atomic E-state index is 11.9. The molecule has 2 amide bonds. The number of hydrogen-bond donors (Lipinski definition) is 2. The molecule has 0 unspecified atom stereocenters. The third kappa shape index (κ3) is 3.37. The molecule has 96 valence electrons. The number of nitrogens with zero attached hydrogens (tertiary/aromatic N) is 1. The molecule has 0 spiro atoms. The number of anilines is 1. The molecule has 18 heavy (non-hydrogen) atoms. The number of amides is 2. The molecule has 0 aromatic heterocycles. The molecule has 6 heteroatoms. The van der Waals surface area contributed by atoms with Gasteiger partial charge in [0.15, 0.2) is 0 Å². The molecule has 1 aliphatic carbocycles. The van der Waals surface area contributed by atoms with E-state index < -0.39 is 12.0 Å². The van der Waals surface area contributed by atoms with Crippen LogP contribution < -0.4 is 10.2 Å². The minimum Gasteiger partial charge on any atom is -0.480 e. The Labute approximate surface area is 109 Å². The molecule has 5 nitrogen and oxygen atoms in total. The normalized spacial score (nSPS) is 14.1. The number of hydrogen-bond acceptors (Lipinski definition) is 2. The van der Waals surface area contributed by atoms with Gasteiger partial charge in [0, 0.05) is 16.8 Å². The molecule has 1 aromatic rings. The van der Waals surface area contributed by atoms with Crippen molar-refractivity contribution in [1.82, 2.24) is 5.32 Å². The summed E-state index contributed by atoms with van der Waals surface area (Å²) < 4.78 is 0. The highest BCUT2D eigenvalue weighted by atomic mass is 35.5. The van der Waals surface area contributed by atoms with Gasteiger partial charge in [-0.05, 0) is 31.0 Å². The van der Waals surface area contributed by atoms with Gasteiger partial charge < -0.3 is 10.4 Å². The number of carbonyl (C=O) groups excluding carboxylic acids is 1. The highest BCUT2D eigenvalue weighted by molar-refractivity contribution is 6.30. The SMILES string of the molecule is O=C(O)CN(C(=O)NC1CC1)c1cccc(Cl)c1. The van der Waals surface area contributed by atoms with Crippen molar-refractivity contribution in [3.63, 3.8) is 0 Å². The van der Waals surface area contributed by atoms with Crippen molar-refractivity contribution in [2.75, 3.05) is 11.4 Å². The first-order valence-electron chi connectivity index (χ1n) is 5.61. The highest BCUT2D eigenvalue weighted by Crippen LogP contribution is 2.22. The monoisotopic (exact) mass is 268 g/mol. The molecule has 0 radical (unpaired) electrons. The van der Waals surface area contributed by atoms with Gasteiger partial charge in [-0.25, -0.2) is 4.79 Å². The summed E-state index contributed by atoms with van der Waals surface area (Å²) in [6, 6.07) is 6.34. The Morgan fingerprint density at radius 2 is 2.17 bits per heavy atom. The van der Waals surface area contributed by atoms with Crippen LogP contribution in [0.25, 0.3) is 0 Å². The van der Waals surface area contributed by atoms with Gasteiger partial charge in [0.2, 0.25) is 0 Å². The first kappa shape index (κ1) is 12.7. The van der Waals surface area contributed by atoms with Crippen molar-refractivity contribution in [2.45, 2.75) is 18.9 Å². The summed E-state index contributed by atoms with van der Waals surface area (Å²) in [5.74, 6) is -1.07. The zero-order chi connectivity index (χ0) is 13.1. The van der Waals surface area contributed by atoms with E-state index in [1.54, 1.807) is 24.3 Å². The van der Waals surface area contributed by atoms with Crippen molar-refractivity contribution >= 4 is 29.3 Å². The van der Waals surface area contributed by atoms with E-state index in [1.807, 2.05) is 0 Å². The number of rotatable bonds is 4. The zero-order valence-corrected chi connectivity index (χ0v) is 10.4. The van der Waals surface area contributed by atoms with Crippen LogP contribution in [0.3, 0.4) is 0 Å². The van der Waals surface area contributed by atoms with Gasteiger partial charge in [-0.3, -0.25) is 9.69 Å². The molecule has 2 N–H and O–H groups in total. The lowest BCUT2D eigenvalue weighted by Gasteiger charge is -2.21. The van der Waals surface area contributed by atoms with Crippen LogP contribution in [-0.4, -0.2) is 29.7 Å². The number of carboxylic acids is 1. The van der Waals surface area contributed by atoms with Crippen LogP contribution in [0.1, 0.15) is 12.8 Å². The first-order valence-corrected chi connectivity index (χ1v) is 5.99. The van der Waals surface area contributed by atoms with Gasteiger partial charge in [0.05, 0.1) is 0 Å². The van der Waals surface area contributed by atoms with Crippen molar-refractivity contribution in [1.29, 1.82) is 0 Å². The lowest BCUT2D eigenvalue weighted by atomic mass is 10.3. The lowest BCUT2D eigenvalue weighted by molar-refractivity contribution is -0.135. The third-order valence-corrected chi connectivity index (χ3v) is 2.80. The van der Waals surface area contributed by atoms with Crippen molar-refractivity contribution in [3.8, 4) is 0 Å². The number of urea groups is 1. The quantitative estimate of drug-likeness (QED) is 0.879. The van der Waals surface area contributed by atoms with Crippen molar-refractivity contribution in [2.24, 2.45) is 0 Å². The lowest BCUT2D eigenvalue weighted by Crippen LogP contribution is -2.43. The summed E-state index contributed by atoms with van der Waals surface area (Å²) in [5.41, 5.74) is 0.475.